The van der Waals surface area contributed by atoms with Crippen LogP contribution in [0.25, 0.3) is 0 Å². The highest BCUT2D eigenvalue weighted by Gasteiger charge is 2.44. The molecule has 4 rings (SSSR count). The fraction of sp³-hybridized carbons (Fsp3) is 0.333. The van der Waals surface area contributed by atoms with Crippen LogP contribution in [0.5, 0.6) is 0 Å². The quantitative estimate of drug-likeness (QED) is 0.496. The summed E-state index contributed by atoms with van der Waals surface area (Å²) < 4.78 is 43.9. The summed E-state index contributed by atoms with van der Waals surface area (Å²) in [5.41, 5.74) is 3.38. The predicted octanol–water partition coefficient (Wildman–Crippen LogP) is 5.51. The molecule has 5 heteroatoms. The van der Waals surface area contributed by atoms with Crippen LogP contribution >= 0.6 is 0 Å². The van der Waals surface area contributed by atoms with Gasteiger partial charge in [0.2, 0.25) is 10.0 Å². The molecule has 0 bridgehead atoms. The summed E-state index contributed by atoms with van der Waals surface area (Å²) in [6, 6.07) is 25.3. The number of aryl methyl sites for hydroxylation is 2. The van der Waals surface area contributed by atoms with Crippen molar-refractivity contribution in [3.63, 3.8) is 0 Å². The first-order valence-electron chi connectivity index (χ1n) is 11.1. The lowest BCUT2D eigenvalue weighted by Gasteiger charge is -2.44. The van der Waals surface area contributed by atoms with Crippen molar-refractivity contribution in [2.24, 2.45) is 5.41 Å². The second-order valence-electron chi connectivity index (χ2n) is 9.19. The third-order valence-corrected chi connectivity index (χ3v) is 8.33. The zero-order chi connectivity index (χ0) is 22.8. The van der Waals surface area contributed by atoms with E-state index in [-0.39, 0.29) is 11.4 Å². The molecule has 1 aliphatic rings. The third kappa shape index (κ3) is 4.94. The molecule has 3 nitrogen and oxygen atoms in total. The van der Waals surface area contributed by atoms with Gasteiger partial charge in [0.15, 0.2) is 0 Å². The molecule has 3 aromatic rings. The van der Waals surface area contributed by atoms with E-state index in [4.69, 9.17) is 0 Å². The Labute approximate surface area is 191 Å². The molecule has 168 valence electrons. The van der Waals surface area contributed by atoms with E-state index in [1.807, 2.05) is 73.7 Å². The number of benzene rings is 3. The Morgan fingerprint density at radius 1 is 0.906 bits per heavy atom. The van der Waals surface area contributed by atoms with E-state index in [9.17, 15) is 8.42 Å². The second kappa shape index (κ2) is 9.16. The van der Waals surface area contributed by atoms with Gasteiger partial charge >= 0.3 is 0 Å². The molecule has 1 aliphatic heterocycles. The number of alkyl halides is 1. The maximum absolute atomic E-state index is 15.2. The van der Waals surface area contributed by atoms with Gasteiger partial charge in [-0.1, -0.05) is 78.4 Å². The van der Waals surface area contributed by atoms with Crippen LogP contribution < -0.4 is 0 Å². The first kappa shape index (κ1) is 22.7. The summed E-state index contributed by atoms with van der Waals surface area (Å²) in [5.74, 6) is 0. The Bertz CT molecular complexity index is 1120. The first-order valence-corrected chi connectivity index (χ1v) is 12.5. The van der Waals surface area contributed by atoms with Crippen molar-refractivity contribution >= 4 is 10.0 Å². The van der Waals surface area contributed by atoms with Crippen LogP contribution in [0.2, 0.25) is 0 Å². The highest BCUT2D eigenvalue weighted by Crippen LogP contribution is 2.40. The number of halogens is 1. The van der Waals surface area contributed by atoms with Gasteiger partial charge in [0, 0.05) is 13.1 Å². The summed E-state index contributed by atoms with van der Waals surface area (Å²) in [6.07, 6.45) is 0.386. The lowest BCUT2D eigenvalue weighted by Crippen LogP contribution is -2.52. The molecule has 3 aromatic carbocycles. The standard InChI is InChI=1S/C27H30FNO2S/c1-21-13-14-26(22(2)15-21)32(30,31)29-19-25(28)18-27(20-29,16-23-9-5-3-6-10-23)17-24-11-7-4-8-12-24/h3-15,25H,16-20H2,1-2H3/t25-/m1/s1. The smallest absolute Gasteiger partial charge is 0.243 e. The van der Waals surface area contributed by atoms with Crippen LogP contribution in [-0.4, -0.2) is 32.0 Å². The molecular weight excluding hydrogens is 421 g/mol. The van der Waals surface area contributed by atoms with Crippen molar-refractivity contribution < 1.29 is 12.8 Å². The molecule has 0 spiro atoms. The maximum atomic E-state index is 15.2. The molecule has 0 unspecified atom stereocenters. The van der Waals surface area contributed by atoms with Gasteiger partial charge in [-0.05, 0) is 61.3 Å². The lowest BCUT2D eigenvalue weighted by atomic mass is 9.71. The number of hydrogen-bond acceptors (Lipinski definition) is 2. The molecular formula is C27H30FNO2S. The molecule has 0 aliphatic carbocycles. The Kier molecular flexibility index (Phi) is 6.50. The van der Waals surface area contributed by atoms with Gasteiger partial charge < -0.3 is 0 Å². The number of piperidine rings is 1. The minimum Gasteiger partial charge on any atom is -0.246 e. The van der Waals surface area contributed by atoms with Crippen LogP contribution in [0.3, 0.4) is 0 Å². The van der Waals surface area contributed by atoms with E-state index in [2.05, 4.69) is 0 Å². The lowest BCUT2D eigenvalue weighted by molar-refractivity contribution is 0.0735. The van der Waals surface area contributed by atoms with Gasteiger partial charge in [-0.25, -0.2) is 12.8 Å². The fourth-order valence-corrected chi connectivity index (χ4v) is 6.83. The minimum atomic E-state index is -3.80. The topological polar surface area (TPSA) is 37.4 Å². The summed E-state index contributed by atoms with van der Waals surface area (Å²) in [7, 11) is -3.80. The molecule has 0 radical (unpaired) electrons. The largest absolute Gasteiger partial charge is 0.246 e. The van der Waals surface area contributed by atoms with E-state index < -0.39 is 21.6 Å². The van der Waals surface area contributed by atoms with Crippen molar-refractivity contribution in [3.8, 4) is 0 Å². The highest BCUT2D eigenvalue weighted by atomic mass is 32.2. The first-order chi connectivity index (χ1) is 15.3. The Balaban J connectivity index is 1.73. The van der Waals surface area contributed by atoms with Crippen LogP contribution in [0.4, 0.5) is 4.39 Å². The van der Waals surface area contributed by atoms with Gasteiger partial charge in [0.25, 0.3) is 0 Å². The maximum Gasteiger partial charge on any atom is 0.243 e. The summed E-state index contributed by atoms with van der Waals surface area (Å²) >= 11 is 0. The van der Waals surface area contributed by atoms with Crippen molar-refractivity contribution in [1.29, 1.82) is 0 Å². The van der Waals surface area contributed by atoms with E-state index >= 15 is 4.39 Å². The normalized spacial score (nSPS) is 19.0. The monoisotopic (exact) mass is 451 g/mol. The molecule has 1 fully saturated rings. The molecule has 0 N–H and O–H groups in total. The zero-order valence-corrected chi connectivity index (χ0v) is 19.5. The van der Waals surface area contributed by atoms with Crippen LogP contribution in [0.15, 0.2) is 83.8 Å². The van der Waals surface area contributed by atoms with Gasteiger partial charge in [-0.2, -0.15) is 4.31 Å². The van der Waals surface area contributed by atoms with Crippen LogP contribution in [0.1, 0.15) is 28.7 Å². The van der Waals surface area contributed by atoms with Gasteiger partial charge in [0.1, 0.15) is 6.17 Å². The summed E-state index contributed by atoms with van der Waals surface area (Å²) in [4.78, 5) is 0.269. The highest BCUT2D eigenvalue weighted by molar-refractivity contribution is 7.89. The molecule has 32 heavy (non-hydrogen) atoms. The number of hydrogen-bond donors (Lipinski definition) is 0. The molecule has 1 heterocycles. The fourth-order valence-electron chi connectivity index (χ4n) is 5.05. The Hall–Kier alpha value is -2.50. The molecule has 0 saturated carbocycles. The Morgan fingerprint density at radius 3 is 2.00 bits per heavy atom. The minimum absolute atomic E-state index is 0.0963. The SMILES string of the molecule is Cc1ccc(S(=O)(=O)N2C[C@H](F)CC(Cc3ccccc3)(Cc3ccccc3)C2)c(C)c1. The zero-order valence-electron chi connectivity index (χ0n) is 18.7. The van der Waals surface area contributed by atoms with Crippen molar-refractivity contribution in [2.75, 3.05) is 13.1 Å². The summed E-state index contributed by atoms with van der Waals surface area (Å²) in [5, 5.41) is 0. The predicted molar refractivity (Wildman–Crippen MR) is 127 cm³/mol. The van der Waals surface area contributed by atoms with Gasteiger partial charge in [-0.3, -0.25) is 0 Å². The average Bonchev–Trinajstić information content (AvgIpc) is 2.74. The van der Waals surface area contributed by atoms with Crippen molar-refractivity contribution in [3.05, 3.63) is 101 Å². The van der Waals surface area contributed by atoms with Crippen LogP contribution in [-0.2, 0) is 22.9 Å². The molecule has 1 saturated heterocycles. The second-order valence-corrected chi connectivity index (χ2v) is 11.1. The molecule has 1 atom stereocenters. The van der Waals surface area contributed by atoms with Crippen molar-refractivity contribution in [1.82, 2.24) is 4.31 Å². The van der Waals surface area contributed by atoms with Crippen molar-refractivity contribution in [2.45, 2.75) is 44.2 Å². The van der Waals surface area contributed by atoms with E-state index in [0.717, 1.165) is 16.7 Å². The van der Waals surface area contributed by atoms with Crippen LogP contribution in [0, 0.1) is 19.3 Å². The number of nitrogens with zero attached hydrogens (tertiary/aromatic N) is 1. The average molecular weight is 452 g/mol. The summed E-state index contributed by atoms with van der Waals surface area (Å²) in [6.45, 7) is 3.94. The number of rotatable bonds is 6. The number of sulfonamides is 1. The van der Waals surface area contributed by atoms with Gasteiger partial charge in [-0.15, -0.1) is 0 Å². The van der Waals surface area contributed by atoms with E-state index in [0.29, 0.717) is 31.4 Å². The Morgan fingerprint density at radius 2 is 1.47 bits per heavy atom. The van der Waals surface area contributed by atoms with E-state index in [1.165, 1.54) is 4.31 Å². The molecule has 0 aromatic heterocycles. The van der Waals surface area contributed by atoms with Gasteiger partial charge in [0.05, 0.1) is 4.90 Å². The van der Waals surface area contributed by atoms with E-state index in [1.54, 1.807) is 19.1 Å². The third-order valence-electron chi connectivity index (χ3n) is 6.36. The molecule has 0 amide bonds.